The molecular formula is C82H100Br4N2O10. The van der Waals surface area contributed by atoms with Crippen molar-refractivity contribution in [3.8, 4) is 11.5 Å². The molecule has 0 spiro atoms. The van der Waals surface area contributed by atoms with E-state index in [4.69, 9.17) is 9.47 Å². The Hall–Kier alpha value is -5.94. The van der Waals surface area contributed by atoms with Crippen LogP contribution in [-0.4, -0.2) is 58.5 Å². The summed E-state index contributed by atoms with van der Waals surface area (Å²) in [6, 6.07) is 27.1. The first-order valence-electron chi connectivity index (χ1n) is 36.5. The first-order valence-corrected chi connectivity index (χ1v) is 39.7. The van der Waals surface area contributed by atoms with Gasteiger partial charge in [-0.15, -0.1) is 0 Å². The monoisotopic (exact) mass is 1590 g/mol. The third-order valence-corrected chi connectivity index (χ3v) is 22.1. The molecule has 0 radical (unpaired) electrons. The molecule has 12 nitrogen and oxygen atoms in total. The van der Waals surface area contributed by atoms with Crippen LogP contribution in [0.4, 0.5) is 22.7 Å². The zero-order chi connectivity index (χ0) is 69.8. The van der Waals surface area contributed by atoms with E-state index >= 15 is 0 Å². The van der Waals surface area contributed by atoms with Crippen molar-refractivity contribution in [1.29, 1.82) is 0 Å². The van der Waals surface area contributed by atoms with Gasteiger partial charge >= 0.3 is 11.9 Å². The molecule has 0 bridgehead atoms. The van der Waals surface area contributed by atoms with Crippen molar-refractivity contribution in [3.63, 3.8) is 0 Å². The maximum Gasteiger partial charge on any atom is 0.305 e. The SMILES string of the molecule is CCCCCCC(CCCCCCCCCCCC(=O)OCCc1cc(Br)c(Nc2ccc(O)c3c2C(=O)c2ccccc2C3=O)c(Br)c1)C(CCCCCC)CCCCCCCCCCCC(=O)OCCc1cc(Br)c(Nc2ccc(O)c3c2C(=O)c2ccccc2C3=O)c(Br)c1. The Morgan fingerprint density at radius 1 is 0.378 bits per heavy atom. The number of halogens is 4. The number of fused-ring (bicyclic) bond motifs is 4. The number of hydrogen-bond acceptors (Lipinski definition) is 12. The highest BCUT2D eigenvalue weighted by molar-refractivity contribution is 9.11. The molecule has 98 heavy (non-hydrogen) atoms. The van der Waals surface area contributed by atoms with Gasteiger partial charge < -0.3 is 30.3 Å². The fourth-order valence-corrected chi connectivity index (χ4v) is 17.1. The molecule has 0 saturated heterocycles. The number of benzene rings is 6. The zero-order valence-electron chi connectivity index (χ0n) is 57.5. The topological polar surface area (TPSA) is 185 Å². The largest absolute Gasteiger partial charge is 0.507 e. The van der Waals surface area contributed by atoms with Gasteiger partial charge in [-0.2, -0.15) is 0 Å². The van der Waals surface area contributed by atoms with Crippen molar-refractivity contribution in [3.05, 3.63) is 171 Å². The number of carbonyl (C=O) groups excluding carboxylic acids is 6. The molecule has 0 aliphatic heterocycles. The summed E-state index contributed by atoms with van der Waals surface area (Å²) in [6.07, 6.45) is 39.7. The maximum atomic E-state index is 13.6. The summed E-state index contributed by atoms with van der Waals surface area (Å²) in [6.45, 7) is 5.17. The van der Waals surface area contributed by atoms with E-state index in [1.165, 1.54) is 166 Å². The molecule has 0 heterocycles. The Labute approximate surface area is 615 Å². The van der Waals surface area contributed by atoms with E-state index in [2.05, 4.69) is 88.2 Å². The molecule has 0 amide bonds. The molecule has 0 saturated carbocycles. The van der Waals surface area contributed by atoms with Crippen LogP contribution < -0.4 is 10.6 Å². The number of phenolic OH excluding ortho intramolecular Hbond substituents is 2. The minimum Gasteiger partial charge on any atom is -0.507 e. The normalized spacial score (nSPS) is 13.0. The van der Waals surface area contributed by atoms with Gasteiger partial charge in [0.1, 0.15) is 11.5 Å². The summed E-state index contributed by atoms with van der Waals surface area (Å²) in [4.78, 5) is 79.4. The van der Waals surface area contributed by atoms with Crippen molar-refractivity contribution >= 4 is 122 Å². The number of ketones is 4. The molecule has 2 aliphatic rings. The number of hydrogen-bond donors (Lipinski definition) is 4. The van der Waals surface area contributed by atoms with Crippen LogP contribution in [0.5, 0.6) is 11.5 Å². The fraction of sp³-hybridized carbons (Fsp3) is 0.488. The van der Waals surface area contributed by atoms with Crippen LogP contribution in [-0.2, 0) is 31.9 Å². The Balaban J connectivity index is 0.645. The van der Waals surface area contributed by atoms with E-state index in [1.807, 2.05) is 24.3 Å². The number of aromatic hydroxyl groups is 2. The molecule has 6 aromatic carbocycles. The number of phenols is 2. The van der Waals surface area contributed by atoms with Crippen molar-refractivity contribution in [2.24, 2.45) is 11.8 Å². The summed E-state index contributed by atoms with van der Waals surface area (Å²) in [5.41, 5.74) is 5.41. The van der Waals surface area contributed by atoms with E-state index in [-0.39, 0.29) is 81.6 Å². The van der Waals surface area contributed by atoms with Crippen molar-refractivity contribution in [2.75, 3.05) is 23.8 Å². The molecule has 2 unspecified atom stereocenters. The van der Waals surface area contributed by atoms with Crippen LogP contribution in [0.2, 0.25) is 0 Å². The second-order valence-corrected chi connectivity index (χ2v) is 30.3. The highest BCUT2D eigenvalue weighted by Crippen LogP contribution is 2.44. The summed E-state index contributed by atoms with van der Waals surface area (Å²) in [7, 11) is 0. The van der Waals surface area contributed by atoms with Crippen LogP contribution in [0.15, 0.2) is 115 Å². The fourth-order valence-electron chi connectivity index (χ4n) is 14.1. The Morgan fingerprint density at radius 3 is 0.959 bits per heavy atom. The maximum absolute atomic E-state index is 13.6. The number of rotatable bonds is 45. The van der Waals surface area contributed by atoms with Crippen LogP contribution >= 0.6 is 63.7 Å². The molecule has 4 N–H and O–H groups in total. The lowest BCUT2D eigenvalue weighted by Gasteiger charge is -2.28. The number of carbonyl (C=O) groups is 6. The Morgan fingerprint density at radius 2 is 0.653 bits per heavy atom. The molecule has 2 atom stereocenters. The van der Waals surface area contributed by atoms with E-state index in [1.54, 1.807) is 60.7 Å². The summed E-state index contributed by atoms with van der Waals surface area (Å²) >= 11 is 14.7. The van der Waals surface area contributed by atoms with E-state index in [0.29, 0.717) is 59.6 Å². The molecule has 526 valence electrons. The Kier molecular flexibility index (Phi) is 32.6. The second kappa shape index (κ2) is 41.1. The van der Waals surface area contributed by atoms with Crippen molar-refractivity contribution in [2.45, 2.75) is 232 Å². The lowest BCUT2D eigenvalue weighted by molar-refractivity contribution is -0.144. The van der Waals surface area contributed by atoms with Crippen LogP contribution in [0.1, 0.15) is 294 Å². The van der Waals surface area contributed by atoms with Gasteiger partial charge in [-0.05, 0) is 148 Å². The average Bonchev–Trinajstić information content (AvgIpc) is 0.751. The minimum atomic E-state index is -0.395. The summed E-state index contributed by atoms with van der Waals surface area (Å²) in [5.74, 6) is -0.567. The van der Waals surface area contributed by atoms with Crippen LogP contribution in [0.25, 0.3) is 0 Å². The molecule has 0 aromatic heterocycles. The van der Waals surface area contributed by atoms with Crippen LogP contribution in [0.3, 0.4) is 0 Å². The Bertz CT molecular complexity index is 3400. The molecule has 0 fully saturated rings. The van der Waals surface area contributed by atoms with E-state index < -0.39 is 11.6 Å². The summed E-state index contributed by atoms with van der Waals surface area (Å²) in [5, 5.41) is 27.9. The predicted octanol–water partition coefficient (Wildman–Crippen LogP) is 23.8. The van der Waals surface area contributed by atoms with Gasteiger partial charge in [-0.25, -0.2) is 0 Å². The molecule has 6 aromatic rings. The highest BCUT2D eigenvalue weighted by Gasteiger charge is 2.36. The molecular weight excluding hydrogens is 1490 g/mol. The number of anilines is 4. The lowest BCUT2D eigenvalue weighted by atomic mass is 9.78. The van der Waals surface area contributed by atoms with Gasteiger partial charge in [0.25, 0.3) is 0 Å². The van der Waals surface area contributed by atoms with Gasteiger partial charge in [-0.1, -0.05) is 242 Å². The standard InChI is InChI=1S/C82H100Br4N2O10/c1-3-5-7-23-33-57(35-25-19-15-11-9-13-17-21-27-41-71(91)97-49-47-55-51-63(83)77(64(84)52-55)87-67-43-45-69(89)75-73(67)79(93)59-37-29-31-39-61(59)81(75)95)58(34-24-8-6-4-2)36-26-20-16-12-10-14-18-22-28-42-72(92)98-50-48-56-53-65(85)78(66(86)54-56)88-68-44-46-70(90)76-74(68)80(94)60-38-30-32-40-62(60)82(76)96/h29-32,37-40,43-46,51-54,57-58,87-90H,3-28,33-36,41-42,47-50H2,1-2H3. The number of nitrogens with one attached hydrogen (secondary N) is 2. The van der Waals surface area contributed by atoms with Gasteiger partial charge in [0, 0.05) is 65.8 Å². The number of ether oxygens (including phenoxy) is 2. The quantitative estimate of drug-likeness (QED) is 0.0161. The van der Waals surface area contributed by atoms with Gasteiger partial charge in [0.05, 0.1) is 58.2 Å². The third kappa shape index (κ3) is 22.5. The number of esters is 2. The first kappa shape index (κ1) is 77.8. The molecule has 16 heteroatoms. The van der Waals surface area contributed by atoms with Gasteiger partial charge in [0.2, 0.25) is 0 Å². The first-order chi connectivity index (χ1) is 47.6. The lowest BCUT2D eigenvalue weighted by Crippen LogP contribution is -2.22. The van der Waals surface area contributed by atoms with E-state index in [9.17, 15) is 39.0 Å². The molecule has 2 aliphatic carbocycles. The molecule has 8 rings (SSSR count). The minimum absolute atomic E-state index is 0.0110. The zero-order valence-corrected chi connectivity index (χ0v) is 63.9. The van der Waals surface area contributed by atoms with Gasteiger partial charge in [0.15, 0.2) is 23.1 Å². The highest BCUT2D eigenvalue weighted by atomic mass is 79.9. The average molecular weight is 1590 g/mol. The van der Waals surface area contributed by atoms with E-state index in [0.717, 1.165) is 79.4 Å². The summed E-state index contributed by atoms with van der Waals surface area (Å²) < 4.78 is 14.2. The van der Waals surface area contributed by atoms with Gasteiger partial charge in [-0.3, -0.25) is 28.8 Å². The predicted molar refractivity (Wildman–Crippen MR) is 408 cm³/mol. The third-order valence-electron chi connectivity index (χ3n) is 19.6. The second-order valence-electron chi connectivity index (χ2n) is 26.9. The number of unbranched alkanes of at least 4 members (excludes halogenated alkanes) is 22. The van der Waals surface area contributed by atoms with Crippen molar-refractivity contribution in [1.82, 2.24) is 0 Å². The smallest absolute Gasteiger partial charge is 0.305 e. The van der Waals surface area contributed by atoms with Crippen LogP contribution in [0, 0.1) is 11.8 Å². The van der Waals surface area contributed by atoms with Crippen molar-refractivity contribution < 1.29 is 48.5 Å².